The summed E-state index contributed by atoms with van der Waals surface area (Å²) in [4.78, 5) is 26.2. The molecule has 3 saturated heterocycles. The van der Waals surface area contributed by atoms with Crippen LogP contribution in [-0.4, -0.2) is 197 Å². The lowest BCUT2D eigenvalue weighted by atomic mass is 9.41. The highest BCUT2D eigenvalue weighted by molar-refractivity contribution is 5.77. The smallest absolute Gasteiger partial charge is 0.314 e. The molecule has 12 N–H and O–H groups in total. The van der Waals surface area contributed by atoms with Crippen LogP contribution >= 0.6 is 0 Å². The fraction of sp³-hybridized carbons (Fsp3) is 0.902. The number of rotatable bonds is 12. The highest BCUT2D eigenvalue weighted by Crippen LogP contribution is 2.73. The Morgan fingerprint density at radius 1 is 0.726 bits per heavy atom. The van der Waals surface area contributed by atoms with Crippen LogP contribution in [0.2, 0.25) is 0 Å². The third-order valence-electron chi connectivity index (χ3n) is 15.5. The normalized spacial score (nSPS) is 50.4. The van der Waals surface area contributed by atoms with Crippen molar-refractivity contribution in [2.45, 2.75) is 182 Å². The molecule has 4 aliphatic carbocycles. The van der Waals surface area contributed by atoms with Crippen LogP contribution in [0.25, 0.3) is 0 Å². The van der Waals surface area contributed by atoms with E-state index in [1.54, 1.807) is 0 Å². The Hall–Kier alpha value is -2.00. The van der Waals surface area contributed by atoms with Crippen molar-refractivity contribution in [1.82, 2.24) is 0 Å². The fourth-order valence-electron chi connectivity index (χ4n) is 12.4. The zero-order valence-corrected chi connectivity index (χ0v) is 34.8. The monoisotopic (exact) mass is 892 g/mol. The summed E-state index contributed by atoms with van der Waals surface area (Å²) in [6.07, 6.45) is -22.0. The summed E-state index contributed by atoms with van der Waals surface area (Å²) < 4.78 is 40.8. The molecule has 0 aromatic heterocycles. The first-order valence-corrected chi connectivity index (χ1v) is 21.5. The second-order valence-electron chi connectivity index (χ2n) is 19.2. The van der Waals surface area contributed by atoms with Crippen molar-refractivity contribution in [3.63, 3.8) is 0 Å². The van der Waals surface area contributed by atoms with Gasteiger partial charge >= 0.3 is 11.9 Å². The van der Waals surface area contributed by atoms with Gasteiger partial charge in [-0.3, -0.25) is 9.59 Å². The van der Waals surface area contributed by atoms with Crippen molar-refractivity contribution in [3.05, 3.63) is 12.2 Å². The van der Waals surface area contributed by atoms with E-state index < -0.39 is 153 Å². The molecular formula is C41H64O21. The van der Waals surface area contributed by atoms with Crippen LogP contribution in [-0.2, 0) is 42.7 Å². The van der Waals surface area contributed by atoms with Crippen LogP contribution in [0, 0.1) is 28.1 Å². The van der Waals surface area contributed by atoms with Crippen LogP contribution in [0.3, 0.4) is 0 Å². The molecule has 21 nitrogen and oxygen atoms in total. The van der Waals surface area contributed by atoms with E-state index in [0.29, 0.717) is 51.4 Å². The quantitative estimate of drug-likeness (QED) is 0.0388. The Morgan fingerprint density at radius 3 is 1.95 bits per heavy atom. The number of aliphatic hydroxyl groups is 12. The molecule has 3 aliphatic heterocycles. The van der Waals surface area contributed by atoms with Crippen LogP contribution in [0.5, 0.6) is 0 Å². The van der Waals surface area contributed by atoms with Gasteiger partial charge in [0.25, 0.3) is 0 Å². The van der Waals surface area contributed by atoms with Crippen LogP contribution in [0.1, 0.15) is 78.1 Å². The van der Waals surface area contributed by atoms with Crippen LogP contribution in [0.15, 0.2) is 12.2 Å². The minimum Gasteiger partial charge on any atom is -0.463 e. The third kappa shape index (κ3) is 8.26. The molecular weight excluding hydrogens is 828 g/mol. The van der Waals surface area contributed by atoms with Gasteiger partial charge in [-0.05, 0) is 86.5 Å². The predicted molar refractivity (Wildman–Crippen MR) is 203 cm³/mol. The van der Waals surface area contributed by atoms with Crippen LogP contribution < -0.4 is 0 Å². The minimum atomic E-state index is -1.97. The molecule has 4 saturated carbocycles. The van der Waals surface area contributed by atoms with Crippen molar-refractivity contribution >= 4 is 11.9 Å². The average molecular weight is 893 g/mol. The second-order valence-corrected chi connectivity index (χ2v) is 19.2. The molecule has 21 heteroatoms. The number of aliphatic hydroxyl groups excluding tert-OH is 11. The molecule has 354 valence electrons. The topological polar surface area (TPSA) is 342 Å². The van der Waals surface area contributed by atoms with Gasteiger partial charge in [0.15, 0.2) is 18.9 Å². The Bertz CT molecular complexity index is 1630. The van der Waals surface area contributed by atoms with Gasteiger partial charge in [0, 0.05) is 0 Å². The van der Waals surface area contributed by atoms with Gasteiger partial charge < -0.3 is 94.4 Å². The number of carbonyl (C=O) groups is 2. The lowest BCUT2D eigenvalue weighted by molar-refractivity contribution is -0.378. The highest BCUT2D eigenvalue weighted by atomic mass is 16.8. The van der Waals surface area contributed by atoms with E-state index in [-0.39, 0.29) is 17.3 Å². The molecule has 21 atom stereocenters. The number of fused-ring (bicyclic) bond motifs is 3. The maximum Gasteiger partial charge on any atom is 0.314 e. The van der Waals surface area contributed by atoms with Gasteiger partial charge in [-0.2, -0.15) is 0 Å². The fourth-order valence-corrected chi connectivity index (χ4v) is 12.4. The van der Waals surface area contributed by atoms with Crippen molar-refractivity contribution in [1.29, 1.82) is 0 Å². The molecule has 62 heavy (non-hydrogen) atoms. The van der Waals surface area contributed by atoms with Crippen molar-refractivity contribution in [3.8, 4) is 0 Å². The number of hydrogen-bond donors (Lipinski definition) is 12. The van der Waals surface area contributed by atoms with Gasteiger partial charge in [0.2, 0.25) is 6.29 Å². The van der Waals surface area contributed by atoms with Crippen molar-refractivity contribution in [2.24, 2.45) is 28.1 Å². The Labute approximate surface area is 357 Å². The van der Waals surface area contributed by atoms with E-state index in [1.807, 2.05) is 6.92 Å². The Balaban J connectivity index is 1.07. The first-order valence-electron chi connectivity index (χ1n) is 21.5. The zero-order chi connectivity index (χ0) is 45.3. The summed E-state index contributed by atoms with van der Waals surface area (Å²) in [6, 6.07) is 0. The first-order chi connectivity index (χ1) is 29.1. The molecule has 7 aliphatic rings. The van der Waals surface area contributed by atoms with Gasteiger partial charge in [0.1, 0.15) is 79.9 Å². The van der Waals surface area contributed by atoms with E-state index in [1.165, 1.54) is 0 Å². The van der Waals surface area contributed by atoms with Crippen LogP contribution in [0.4, 0.5) is 0 Å². The van der Waals surface area contributed by atoms with Gasteiger partial charge in [-0.15, -0.1) is 0 Å². The van der Waals surface area contributed by atoms with E-state index in [4.69, 9.17) is 43.4 Å². The molecule has 2 bridgehead atoms. The molecule has 3 heterocycles. The Kier molecular flexibility index (Phi) is 13.9. The molecule has 0 aromatic carbocycles. The Morgan fingerprint density at radius 2 is 1.31 bits per heavy atom. The average Bonchev–Trinajstić information content (AvgIpc) is 3.42. The number of carbonyl (C=O) groups excluding carboxylic acids is 2. The lowest BCUT2D eigenvalue weighted by Crippen LogP contribution is -2.65. The molecule has 1 spiro atoms. The number of esters is 2. The summed E-state index contributed by atoms with van der Waals surface area (Å²) in [5, 5.41) is 124. The van der Waals surface area contributed by atoms with Crippen molar-refractivity contribution in [2.75, 3.05) is 19.8 Å². The minimum absolute atomic E-state index is 0.0631. The molecule has 0 amide bonds. The molecule has 0 radical (unpaired) electrons. The summed E-state index contributed by atoms with van der Waals surface area (Å²) in [6.45, 7) is 6.41. The SMILES string of the molecule is C=C1C[C@@]23CC[C@H]4[C@@](C)(CCC[C@@]4(C)C(=O)O[C@@H]4OC(COC(=O)CC(O)O)[C@@H](O)C(O)C4O)[C@@H]2CC[C@]1(O[C@@H]1O[C@H](CO)C(O)C(O)[C@H]1O[C@@H]1OC(CO)[C@@H](O)C(O)C1O)C3. The standard InChI is InChI=1S/C41H64O21/c1-17-12-40-9-5-21-38(2,7-4-8-39(21,3)37(55)61-35-32(54)29(51)27(49)20(59-35)15-56-24(46)11-23(44)45)22(40)6-10-41(17,16-40)62-36-33(30(52)26(48)19(14-43)58-36)60-34-31(53)28(50)25(47)18(13-42)57-34/h18-23,25-36,42-45,47-54H,1,4-16H2,2-3H3/t18?,19-,20?,21+,22+,25-,26?,27-,28?,29?,30?,31?,32?,33-,34+,35+,36+,38-,39-,40-,41+/m1/s1. The van der Waals surface area contributed by atoms with Gasteiger partial charge in [0.05, 0.1) is 30.7 Å². The van der Waals surface area contributed by atoms with E-state index >= 15 is 0 Å². The molecule has 7 rings (SSSR count). The van der Waals surface area contributed by atoms with E-state index in [9.17, 15) is 60.7 Å². The van der Waals surface area contributed by atoms with Gasteiger partial charge in [-0.1, -0.05) is 19.9 Å². The lowest BCUT2D eigenvalue weighted by Gasteiger charge is -2.64. The maximum absolute atomic E-state index is 14.3. The predicted octanol–water partition coefficient (Wildman–Crippen LogP) is -3.69. The molecule has 7 fully saturated rings. The summed E-state index contributed by atoms with van der Waals surface area (Å²) in [5.41, 5.74) is -2.09. The summed E-state index contributed by atoms with van der Waals surface area (Å²) in [7, 11) is 0. The highest BCUT2D eigenvalue weighted by Gasteiger charge is 2.69. The first kappa shape index (κ1) is 47.9. The molecule has 0 aromatic rings. The zero-order valence-electron chi connectivity index (χ0n) is 34.8. The van der Waals surface area contributed by atoms with E-state index in [0.717, 1.165) is 12.0 Å². The summed E-state index contributed by atoms with van der Waals surface area (Å²) >= 11 is 0. The van der Waals surface area contributed by atoms with E-state index in [2.05, 4.69) is 13.5 Å². The summed E-state index contributed by atoms with van der Waals surface area (Å²) in [5.74, 6) is -1.83. The maximum atomic E-state index is 14.3. The third-order valence-corrected chi connectivity index (χ3v) is 15.5. The van der Waals surface area contributed by atoms with Crippen molar-refractivity contribution < 1.29 is 104 Å². The largest absolute Gasteiger partial charge is 0.463 e. The second kappa shape index (κ2) is 18.0. The molecule has 8 unspecified atom stereocenters. The number of ether oxygens (including phenoxy) is 7. The van der Waals surface area contributed by atoms with Gasteiger partial charge in [-0.25, -0.2) is 0 Å². The number of hydrogen-bond acceptors (Lipinski definition) is 21.